The lowest BCUT2D eigenvalue weighted by Gasteiger charge is -2.18. The van der Waals surface area contributed by atoms with Crippen LogP contribution in [0.5, 0.6) is 0 Å². The lowest BCUT2D eigenvalue weighted by molar-refractivity contribution is -0.134. The van der Waals surface area contributed by atoms with Crippen molar-refractivity contribution in [3.63, 3.8) is 0 Å². The quantitative estimate of drug-likeness (QED) is 0.800. The molecular weight excluding hydrogens is 288 g/mol. The van der Waals surface area contributed by atoms with E-state index in [0.29, 0.717) is 12.1 Å². The van der Waals surface area contributed by atoms with Crippen LogP contribution in [0.25, 0.3) is 0 Å². The fraction of sp³-hybridized carbons (Fsp3) is 0.300. The van der Waals surface area contributed by atoms with Crippen molar-refractivity contribution in [3.8, 4) is 6.07 Å². The Kier molecular flexibility index (Phi) is 4.17. The summed E-state index contributed by atoms with van der Waals surface area (Å²) in [4.78, 5) is -0.572. The molecule has 1 aromatic rings. The lowest BCUT2D eigenvalue weighted by atomic mass is 10.2. The Morgan fingerprint density at radius 3 is 2.42 bits per heavy atom. The van der Waals surface area contributed by atoms with E-state index in [-0.39, 0.29) is 4.31 Å². The molecule has 1 aromatic carbocycles. The van der Waals surface area contributed by atoms with E-state index >= 15 is 0 Å². The van der Waals surface area contributed by atoms with Gasteiger partial charge >= 0.3 is 6.18 Å². The highest BCUT2D eigenvalue weighted by Gasteiger charge is 2.35. The third-order valence-electron chi connectivity index (χ3n) is 2.17. The van der Waals surface area contributed by atoms with E-state index in [1.807, 2.05) is 0 Å². The zero-order chi connectivity index (χ0) is 14.8. The van der Waals surface area contributed by atoms with Crippen LogP contribution in [0.4, 0.5) is 17.6 Å². The Labute approximate surface area is 106 Å². The van der Waals surface area contributed by atoms with Crippen molar-refractivity contribution in [3.05, 3.63) is 29.6 Å². The first-order valence-electron chi connectivity index (χ1n) is 4.80. The maximum Gasteiger partial charge on any atom is 0.402 e. The highest BCUT2D eigenvalue weighted by atomic mass is 32.2. The topological polar surface area (TPSA) is 61.2 Å². The minimum Gasteiger partial charge on any atom is -0.207 e. The number of halogens is 4. The number of nitrogens with zero attached hydrogens (tertiary/aromatic N) is 2. The summed E-state index contributed by atoms with van der Waals surface area (Å²) >= 11 is 0. The van der Waals surface area contributed by atoms with Gasteiger partial charge in [-0.15, -0.1) is 0 Å². The van der Waals surface area contributed by atoms with Crippen LogP contribution in [-0.4, -0.2) is 32.5 Å². The molecule has 0 bridgehead atoms. The minimum absolute atomic E-state index is 0.0847. The third-order valence-corrected chi connectivity index (χ3v) is 3.97. The van der Waals surface area contributed by atoms with E-state index in [0.717, 1.165) is 13.1 Å². The second-order valence-corrected chi connectivity index (χ2v) is 5.67. The number of benzene rings is 1. The number of sulfonamides is 1. The Hall–Kier alpha value is -1.66. The van der Waals surface area contributed by atoms with Gasteiger partial charge < -0.3 is 0 Å². The van der Waals surface area contributed by atoms with Crippen molar-refractivity contribution >= 4 is 10.0 Å². The molecule has 0 N–H and O–H groups in total. The molecule has 19 heavy (non-hydrogen) atoms. The number of alkyl halides is 3. The summed E-state index contributed by atoms with van der Waals surface area (Å²) in [7, 11) is -3.68. The van der Waals surface area contributed by atoms with E-state index in [9.17, 15) is 26.0 Å². The zero-order valence-corrected chi connectivity index (χ0v) is 10.4. The molecule has 0 saturated carbocycles. The largest absolute Gasteiger partial charge is 0.402 e. The molecule has 0 aliphatic rings. The van der Waals surface area contributed by atoms with Crippen LogP contribution in [0.1, 0.15) is 5.56 Å². The van der Waals surface area contributed by atoms with Gasteiger partial charge in [-0.3, -0.25) is 0 Å². The summed E-state index contributed by atoms with van der Waals surface area (Å²) in [6.07, 6.45) is -4.69. The molecule has 9 heteroatoms. The molecule has 1 rings (SSSR count). The van der Waals surface area contributed by atoms with E-state index in [1.54, 1.807) is 0 Å². The summed E-state index contributed by atoms with van der Waals surface area (Å²) in [5, 5.41) is 8.56. The predicted molar refractivity (Wildman–Crippen MR) is 57.0 cm³/mol. The molecule has 0 aliphatic carbocycles. The second-order valence-electron chi connectivity index (χ2n) is 3.63. The van der Waals surface area contributed by atoms with Crippen molar-refractivity contribution in [2.24, 2.45) is 0 Å². The average molecular weight is 296 g/mol. The highest BCUT2D eigenvalue weighted by Crippen LogP contribution is 2.22. The molecular formula is C10H8F4N2O2S. The van der Waals surface area contributed by atoms with Crippen LogP contribution < -0.4 is 0 Å². The molecule has 0 unspecified atom stereocenters. The Balaban J connectivity index is 3.18. The van der Waals surface area contributed by atoms with Gasteiger partial charge in [0.25, 0.3) is 0 Å². The maximum atomic E-state index is 13.0. The second kappa shape index (κ2) is 5.14. The van der Waals surface area contributed by atoms with Crippen molar-refractivity contribution in [2.75, 3.05) is 13.6 Å². The fourth-order valence-electron chi connectivity index (χ4n) is 1.27. The Morgan fingerprint density at radius 1 is 1.37 bits per heavy atom. The predicted octanol–water partition coefficient (Wildman–Crippen LogP) is 1.88. The first-order valence-corrected chi connectivity index (χ1v) is 6.24. The van der Waals surface area contributed by atoms with Crippen molar-refractivity contribution < 1.29 is 26.0 Å². The fourth-order valence-corrected chi connectivity index (χ4v) is 2.45. The molecule has 0 aromatic heterocycles. The maximum absolute atomic E-state index is 13.0. The molecule has 104 valence electrons. The normalized spacial score (nSPS) is 12.5. The number of nitriles is 1. The van der Waals surface area contributed by atoms with E-state index in [1.165, 1.54) is 6.07 Å². The molecule has 0 atom stereocenters. The van der Waals surface area contributed by atoms with Crippen molar-refractivity contribution in [1.29, 1.82) is 5.26 Å². The highest BCUT2D eigenvalue weighted by molar-refractivity contribution is 7.89. The summed E-state index contributed by atoms with van der Waals surface area (Å²) in [6.45, 7) is -1.67. The van der Waals surface area contributed by atoms with Gasteiger partial charge in [0.1, 0.15) is 18.4 Å². The van der Waals surface area contributed by atoms with Crippen LogP contribution in [-0.2, 0) is 10.0 Å². The van der Waals surface area contributed by atoms with Crippen LogP contribution in [0.3, 0.4) is 0 Å². The van der Waals surface area contributed by atoms with Crippen LogP contribution in [0, 0.1) is 17.1 Å². The third kappa shape index (κ3) is 3.65. The van der Waals surface area contributed by atoms with E-state index in [2.05, 4.69) is 0 Å². The summed E-state index contributed by atoms with van der Waals surface area (Å²) in [6, 6.07) is 3.63. The van der Waals surface area contributed by atoms with Gasteiger partial charge in [0.15, 0.2) is 0 Å². The van der Waals surface area contributed by atoms with Crippen molar-refractivity contribution in [2.45, 2.75) is 11.1 Å². The molecule has 0 amide bonds. The number of hydrogen-bond donors (Lipinski definition) is 0. The Morgan fingerprint density at radius 2 is 1.95 bits per heavy atom. The molecule has 0 radical (unpaired) electrons. The molecule has 0 fully saturated rings. The molecule has 0 saturated heterocycles. The smallest absolute Gasteiger partial charge is 0.207 e. The first-order chi connectivity index (χ1) is 8.58. The summed E-state index contributed by atoms with van der Waals surface area (Å²) in [5.74, 6) is -0.945. The van der Waals surface area contributed by atoms with Crippen LogP contribution >= 0.6 is 0 Å². The van der Waals surface area contributed by atoms with Crippen molar-refractivity contribution in [1.82, 2.24) is 4.31 Å². The minimum atomic E-state index is -4.69. The van der Waals surface area contributed by atoms with Gasteiger partial charge in [0, 0.05) is 7.05 Å². The number of rotatable bonds is 3. The van der Waals surface area contributed by atoms with Gasteiger partial charge in [0.05, 0.1) is 10.5 Å². The van der Waals surface area contributed by atoms with E-state index < -0.39 is 39.0 Å². The first kappa shape index (κ1) is 15.4. The van der Waals surface area contributed by atoms with Gasteiger partial charge in [-0.2, -0.15) is 22.7 Å². The van der Waals surface area contributed by atoms with E-state index in [4.69, 9.17) is 5.26 Å². The molecule has 4 nitrogen and oxygen atoms in total. The van der Waals surface area contributed by atoms with Gasteiger partial charge in [0.2, 0.25) is 10.0 Å². The standard InChI is InChI=1S/C10H8F4N2O2S/c1-16(6-10(12,13)14)19(17,18)8-2-3-9(11)7(4-8)5-15/h2-4H,6H2,1H3. The summed E-state index contributed by atoms with van der Waals surface area (Å²) < 4.78 is 73.1. The van der Waals surface area contributed by atoms with Gasteiger partial charge in [-0.25, -0.2) is 12.8 Å². The molecule has 0 heterocycles. The summed E-state index contributed by atoms with van der Waals surface area (Å²) in [5.41, 5.74) is -0.554. The number of hydrogen-bond acceptors (Lipinski definition) is 3. The van der Waals surface area contributed by atoms with Crippen LogP contribution in [0.15, 0.2) is 23.1 Å². The van der Waals surface area contributed by atoms with Crippen LogP contribution in [0.2, 0.25) is 0 Å². The van der Waals surface area contributed by atoms with Gasteiger partial charge in [-0.1, -0.05) is 0 Å². The van der Waals surface area contributed by atoms with Gasteiger partial charge in [-0.05, 0) is 18.2 Å². The Bertz CT molecular complexity index is 619. The monoisotopic (exact) mass is 296 g/mol. The SMILES string of the molecule is CN(CC(F)(F)F)S(=O)(=O)c1ccc(F)c(C#N)c1. The molecule has 0 aliphatic heterocycles. The average Bonchev–Trinajstić information content (AvgIpc) is 2.27. The lowest BCUT2D eigenvalue weighted by Crippen LogP contribution is -2.35. The zero-order valence-electron chi connectivity index (χ0n) is 9.57. The molecule has 0 spiro atoms.